The third kappa shape index (κ3) is 8.12. The van der Waals surface area contributed by atoms with E-state index in [-0.39, 0.29) is 0 Å². The minimum absolute atomic E-state index is 0.735. The molecule has 0 fully saturated rings. The molecule has 0 aliphatic rings. The number of rotatable bonds is 1. The van der Waals surface area contributed by atoms with Gasteiger partial charge < -0.3 is 0 Å². The van der Waals surface area contributed by atoms with Gasteiger partial charge >= 0.3 is 54.8 Å². The first kappa shape index (κ1) is 22.7. The number of hydrogen-bond donors (Lipinski definition) is 0. The average molecular weight is 535 g/mol. The van der Waals surface area contributed by atoms with Crippen LogP contribution >= 0.6 is 17.0 Å². The summed E-state index contributed by atoms with van der Waals surface area (Å²) >= 11 is -1.59. The molecular weight excluding hydrogens is 511 g/mol. The second kappa shape index (κ2) is 12.1. The standard InChI is InChI=1S/C11H9.C10H9.C2H6Ge.2ClH.Zr/c1-2-6-10(7-3-1)11-8-4-5-9-11;1-8-6-9-4-2-3-5-10(9)7-8;1-3-2;;;/h1-9H;2-7H,1H3;1-2H3;2*1H;/q2*-1;;;;+2/p-2. The van der Waals surface area contributed by atoms with Gasteiger partial charge in [-0.3, -0.25) is 0 Å². The minimum Gasteiger partial charge on any atom is -0.206 e. The molecule has 0 unspecified atom stereocenters. The first-order valence-electron chi connectivity index (χ1n) is 8.85. The van der Waals surface area contributed by atoms with E-state index in [1.54, 1.807) is 0 Å². The van der Waals surface area contributed by atoms with Crippen LogP contribution in [0.25, 0.3) is 21.9 Å². The SMILES string of the molecule is Cc1cc2ccccc2[cH-]1.[CH3][Ge]([CH3])=[Zr]([Cl])[Cl].c1ccc(-c2cc[cH-]c2)cc1. The van der Waals surface area contributed by atoms with Crippen molar-refractivity contribution in [3.63, 3.8) is 0 Å². The van der Waals surface area contributed by atoms with Gasteiger partial charge in [-0.25, -0.2) is 6.07 Å². The Morgan fingerprint density at radius 1 is 0.852 bits per heavy atom. The second-order valence-electron chi connectivity index (χ2n) is 6.46. The van der Waals surface area contributed by atoms with Crippen molar-refractivity contribution in [1.29, 1.82) is 0 Å². The van der Waals surface area contributed by atoms with Gasteiger partial charge in [0.25, 0.3) is 0 Å². The predicted molar refractivity (Wildman–Crippen MR) is 121 cm³/mol. The van der Waals surface area contributed by atoms with Crippen LogP contribution < -0.4 is 0 Å². The van der Waals surface area contributed by atoms with Gasteiger partial charge in [0.1, 0.15) is 0 Å². The molecule has 4 aromatic carbocycles. The van der Waals surface area contributed by atoms with Gasteiger partial charge in [0, 0.05) is 0 Å². The summed E-state index contributed by atoms with van der Waals surface area (Å²) in [5.41, 5.74) is 3.93. The van der Waals surface area contributed by atoms with Gasteiger partial charge in [-0.05, 0) is 0 Å². The monoisotopic (exact) mass is 534 g/mol. The Hall–Kier alpha value is -0.594. The van der Waals surface area contributed by atoms with Crippen molar-refractivity contribution in [2.24, 2.45) is 0 Å². The molecule has 27 heavy (non-hydrogen) atoms. The molecule has 0 aliphatic heterocycles. The zero-order valence-corrected chi connectivity index (χ0v) is 22.0. The van der Waals surface area contributed by atoms with Crippen LogP contribution in [0.15, 0.2) is 91.0 Å². The second-order valence-corrected chi connectivity index (χ2v) is 44.4. The summed E-state index contributed by atoms with van der Waals surface area (Å²) in [6.45, 7) is 2.12. The van der Waals surface area contributed by atoms with Crippen LogP contribution in [0.1, 0.15) is 5.56 Å². The number of benzene rings is 2. The van der Waals surface area contributed by atoms with E-state index in [0.29, 0.717) is 0 Å². The van der Waals surface area contributed by atoms with E-state index in [1.165, 1.54) is 27.5 Å². The molecule has 0 nitrogen and oxygen atoms in total. The molecule has 0 amide bonds. The first-order chi connectivity index (χ1) is 13.0. The van der Waals surface area contributed by atoms with Crippen molar-refractivity contribution < 1.29 is 16.2 Å². The normalized spacial score (nSPS) is 9.67. The van der Waals surface area contributed by atoms with E-state index in [1.807, 2.05) is 6.07 Å². The molecule has 0 aliphatic carbocycles. The van der Waals surface area contributed by atoms with Crippen molar-refractivity contribution >= 4 is 37.8 Å². The van der Waals surface area contributed by atoms with Crippen LogP contribution in [0.2, 0.25) is 11.5 Å². The summed E-state index contributed by atoms with van der Waals surface area (Å²) < 4.78 is 0. The van der Waals surface area contributed by atoms with Gasteiger partial charge in [-0.2, -0.15) is 29.8 Å². The zero-order chi connectivity index (χ0) is 19.6. The van der Waals surface area contributed by atoms with Gasteiger partial charge in [-0.15, -0.1) is 40.6 Å². The maximum Gasteiger partial charge on any atom is -0.0623 e. The number of hydrogen-bond acceptors (Lipinski definition) is 0. The van der Waals surface area contributed by atoms with Crippen LogP contribution in [0, 0.1) is 6.92 Å². The summed E-state index contributed by atoms with van der Waals surface area (Å²) in [6, 6.07) is 31.6. The number of fused-ring (bicyclic) bond motifs is 1. The van der Waals surface area contributed by atoms with E-state index < -0.39 is 26.2 Å². The summed E-state index contributed by atoms with van der Waals surface area (Å²) in [5.74, 6) is 4.46. The summed E-state index contributed by atoms with van der Waals surface area (Å²) in [4.78, 5) is 0. The van der Waals surface area contributed by atoms with Gasteiger partial charge in [0.05, 0.1) is 0 Å². The quantitative estimate of drug-likeness (QED) is 0.171. The Balaban J connectivity index is 0.000000153. The zero-order valence-electron chi connectivity index (χ0n) is 15.9. The Labute approximate surface area is 178 Å². The molecule has 0 N–H and O–H groups in total. The molecule has 0 radical (unpaired) electrons. The smallest absolute Gasteiger partial charge is 0.0623 e. The Bertz CT molecular complexity index is 919. The van der Waals surface area contributed by atoms with E-state index >= 15 is 0 Å². The van der Waals surface area contributed by atoms with Crippen molar-refractivity contribution in [2.45, 2.75) is 18.4 Å². The summed E-state index contributed by atoms with van der Waals surface area (Å²) in [6.07, 6.45) is 0. The molecule has 4 heteroatoms. The largest absolute Gasteiger partial charge is 0.206 e. The maximum atomic E-state index is 5.65. The molecular formula is C23H24Cl2GeZr-2. The molecule has 4 rings (SSSR count). The fourth-order valence-electron chi connectivity index (χ4n) is 2.50. The van der Waals surface area contributed by atoms with Gasteiger partial charge in [0.2, 0.25) is 0 Å². The van der Waals surface area contributed by atoms with E-state index in [9.17, 15) is 0 Å². The van der Waals surface area contributed by atoms with E-state index in [2.05, 4.69) is 103 Å². The van der Waals surface area contributed by atoms with Crippen molar-refractivity contribution in [1.82, 2.24) is 0 Å². The summed E-state index contributed by atoms with van der Waals surface area (Å²) in [7, 11) is 10.6. The number of halogens is 2. The fraction of sp³-hybridized carbons (Fsp3) is 0.130. The van der Waals surface area contributed by atoms with Crippen LogP contribution in [0.4, 0.5) is 0 Å². The van der Waals surface area contributed by atoms with Crippen molar-refractivity contribution in [3.05, 3.63) is 96.6 Å². The molecule has 0 heterocycles. The summed E-state index contributed by atoms with van der Waals surface area (Å²) in [5, 5.41) is 2.69. The molecule has 4 aromatic rings. The van der Waals surface area contributed by atoms with Crippen LogP contribution in [0.3, 0.4) is 0 Å². The molecule has 0 atom stereocenters. The fourth-order valence-corrected chi connectivity index (χ4v) is 2.50. The third-order valence-electron chi connectivity index (χ3n) is 3.91. The van der Waals surface area contributed by atoms with Gasteiger partial charge in [0.15, 0.2) is 0 Å². The molecule has 0 spiro atoms. The third-order valence-corrected chi connectivity index (χ3v) is 38.4. The van der Waals surface area contributed by atoms with E-state index in [0.717, 1.165) is 0 Å². The molecule has 0 aromatic heterocycles. The van der Waals surface area contributed by atoms with Crippen molar-refractivity contribution in [2.75, 3.05) is 0 Å². The van der Waals surface area contributed by atoms with Crippen LogP contribution in [-0.2, 0) is 16.2 Å². The molecule has 140 valence electrons. The number of aryl methyl sites for hydroxylation is 1. The Morgan fingerprint density at radius 3 is 2.04 bits per heavy atom. The predicted octanol–water partition coefficient (Wildman–Crippen LogP) is 8.10. The van der Waals surface area contributed by atoms with Crippen LogP contribution in [-0.4, -0.2) is 9.98 Å². The average Bonchev–Trinajstić information content (AvgIpc) is 3.32. The Kier molecular flexibility index (Phi) is 10.1. The molecule has 0 saturated heterocycles. The van der Waals surface area contributed by atoms with Crippen LogP contribution in [0.5, 0.6) is 0 Å². The Morgan fingerprint density at radius 2 is 1.48 bits per heavy atom. The van der Waals surface area contributed by atoms with Crippen molar-refractivity contribution in [3.8, 4) is 11.1 Å². The molecule has 0 bridgehead atoms. The van der Waals surface area contributed by atoms with Gasteiger partial charge in [-0.1, -0.05) is 48.9 Å². The molecule has 0 saturated carbocycles. The van der Waals surface area contributed by atoms with E-state index in [4.69, 9.17) is 17.0 Å². The maximum absolute atomic E-state index is 5.65. The first-order valence-corrected chi connectivity index (χ1v) is 26.8. The minimum atomic E-state index is -1.59. The topological polar surface area (TPSA) is 0 Å².